The number of halogens is 2. The van der Waals surface area contributed by atoms with Crippen LogP contribution in [-0.4, -0.2) is 139 Å². The summed E-state index contributed by atoms with van der Waals surface area (Å²) in [6.07, 6.45) is 10.3. The standard InChI is InChI=1S/C57H69F2N11O4/c1-4-42-45(58)10-5-36-23-38(60)25-44(48(36)42)51(61-3)49(59)50-34(2)52(69-30-39-6-7-40(31-69)62-39)65-55(64-50)74-33-57(13-14-57)32-67-17-15-56(16-18-67)26-35(27-56)28-66-19-21-68(22-20-66)41-8-9-43-37(24-41)29-70(54(43)73)46-11-12-47(71)63-53(46)72/h5,8-10,23-25,35,39-40,46,62H,3-4,6-7,11-22,26-33,60H2,1-2H3,(H,63,71,72)/b51-49+. The molecule has 74 heavy (non-hydrogen) atoms. The van der Waals surface area contributed by atoms with Crippen LogP contribution in [0, 0.1) is 29.5 Å². The fourth-order valence-electron chi connectivity index (χ4n) is 13.9. The zero-order chi connectivity index (χ0) is 51.0. The first-order chi connectivity index (χ1) is 35.8. The van der Waals surface area contributed by atoms with E-state index in [9.17, 15) is 14.4 Å². The molecular formula is C57H69F2N11O4. The summed E-state index contributed by atoms with van der Waals surface area (Å²) in [4.78, 5) is 63.1. The maximum Gasteiger partial charge on any atom is 0.319 e. The molecule has 3 aromatic carbocycles. The first kappa shape index (κ1) is 48.9. The predicted octanol–water partition coefficient (Wildman–Crippen LogP) is 6.89. The Kier molecular flexibility index (Phi) is 12.7. The number of piperidine rings is 2. The molecule has 0 radical (unpaired) electrons. The molecule has 3 atom stereocenters. The highest BCUT2D eigenvalue weighted by atomic mass is 19.1. The molecule has 1 aromatic heterocycles. The number of anilines is 3. The van der Waals surface area contributed by atoms with Gasteiger partial charge in [-0.05, 0) is 161 Å². The smallest absolute Gasteiger partial charge is 0.319 e. The minimum atomic E-state index is -0.679. The lowest BCUT2D eigenvalue weighted by Crippen LogP contribution is -2.53. The van der Waals surface area contributed by atoms with Gasteiger partial charge in [0, 0.05) is 111 Å². The molecule has 2 saturated carbocycles. The average molecular weight is 1010 g/mol. The van der Waals surface area contributed by atoms with Crippen LogP contribution in [-0.2, 0) is 22.6 Å². The molecule has 17 heteroatoms. The third kappa shape index (κ3) is 9.20. The number of nitrogen functional groups attached to an aromatic ring is 1. The Morgan fingerprint density at radius 2 is 1.68 bits per heavy atom. The van der Waals surface area contributed by atoms with Crippen LogP contribution >= 0.6 is 0 Å². The van der Waals surface area contributed by atoms with E-state index in [1.807, 2.05) is 26.0 Å². The molecule has 5 saturated heterocycles. The van der Waals surface area contributed by atoms with Crippen molar-refractivity contribution in [2.45, 2.75) is 109 Å². The van der Waals surface area contributed by atoms with Gasteiger partial charge in [-0.3, -0.25) is 29.6 Å². The number of imide groups is 1. The van der Waals surface area contributed by atoms with Gasteiger partial charge in [0.25, 0.3) is 5.91 Å². The highest BCUT2D eigenvalue weighted by molar-refractivity contribution is 6.06. The second-order valence-electron chi connectivity index (χ2n) is 23.1. The van der Waals surface area contributed by atoms with Gasteiger partial charge in [-0.15, -0.1) is 0 Å². The predicted molar refractivity (Wildman–Crippen MR) is 283 cm³/mol. The van der Waals surface area contributed by atoms with Gasteiger partial charge >= 0.3 is 6.01 Å². The van der Waals surface area contributed by atoms with Crippen LogP contribution in [0.25, 0.3) is 22.3 Å². The van der Waals surface area contributed by atoms with E-state index >= 15 is 8.78 Å². The van der Waals surface area contributed by atoms with E-state index < -0.39 is 11.9 Å². The number of likely N-dealkylation sites (tertiary alicyclic amines) is 1. The molecule has 7 heterocycles. The Hall–Kier alpha value is -6.04. The summed E-state index contributed by atoms with van der Waals surface area (Å²) in [6, 6.07) is 12.8. The third-order valence-corrected chi connectivity index (χ3v) is 18.1. The van der Waals surface area contributed by atoms with Gasteiger partial charge in [-0.1, -0.05) is 13.0 Å². The zero-order valence-corrected chi connectivity index (χ0v) is 42.9. The lowest BCUT2D eigenvalue weighted by Gasteiger charge is -2.54. The van der Waals surface area contributed by atoms with Crippen molar-refractivity contribution in [3.05, 3.63) is 81.8 Å². The number of nitrogens with two attached hydrogens (primary N) is 1. The number of piperazine rings is 2. The molecular weight excluding hydrogens is 941 g/mol. The normalized spacial score (nSPS) is 25.1. The monoisotopic (exact) mass is 1010 g/mol. The topological polar surface area (TPSA) is 165 Å². The summed E-state index contributed by atoms with van der Waals surface area (Å²) in [5.74, 6) is -0.461. The van der Waals surface area contributed by atoms with Crippen molar-refractivity contribution in [2.75, 3.05) is 87.6 Å². The fraction of sp³-hybridized carbons (Fsp3) is 0.544. The third-order valence-electron chi connectivity index (χ3n) is 18.1. The number of aryl methyl sites for hydroxylation is 1. The summed E-state index contributed by atoms with van der Waals surface area (Å²) >= 11 is 0. The number of amides is 3. The number of nitrogens with one attached hydrogen (secondary N) is 2. The number of rotatable bonds is 14. The molecule has 4 aromatic rings. The number of ether oxygens (including phenoxy) is 1. The van der Waals surface area contributed by atoms with Crippen molar-refractivity contribution in [1.82, 2.24) is 35.3 Å². The van der Waals surface area contributed by atoms with E-state index in [4.69, 9.17) is 20.4 Å². The van der Waals surface area contributed by atoms with E-state index in [0.717, 1.165) is 108 Å². The summed E-state index contributed by atoms with van der Waals surface area (Å²) in [5, 5.41) is 7.35. The largest absolute Gasteiger partial charge is 0.463 e. The van der Waals surface area contributed by atoms with Gasteiger partial charge in [-0.25, -0.2) is 8.78 Å². The fourth-order valence-corrected chi connectivity index (χ4v) is 13.9. The van der Waals surface area contributed by atoms with Crippen molar-refractivity contribution >= 4 is 63.9 Å². The van der Waals surface area contributed by atoms with Crippen LogP contribution in [0.1, 0.15) is 109 Å². The number of benzene rings is 3. The zero-order valence-electron chi connectivity index (χ0n) is 42.9. The SMILES string of the molecule is C=N/C(=C(/F)c1nc(OCC2(CN3CCC4(CC3)CC(CN3CCN(c5ccc6c(c5)CN(C5CCC(=O)NC5=O)C6=O)CC3)C4)CC2)nc(N2CC3CCC(C2)N3)c1C)c1cc(N)cc2ccc(F)c(CC)c12. The second kappa shape index (κ2) is 19.3. The van der Waals surface area contributed by atoms with Gasteiger partial charge < -0.3 is 35.4 Å². The van der Waals surface area contributed by atoms with Crippen molar-refractivity contribution in [1.29, 1.82) is 0 Å². The van der Waals surface area contributed by atoms with Crippen molar-refractivity contribution in [3.63, 3.8) is 0 Å². The van der Waals surface area contributed by atoms with Crippen molar-refractivity contribution in [3.8, 4) is 6.01 Å². The molecule has 2 bridgehead atoms. The van der Waals surface area contributed by atoms with Crippen LogP contribution in [0.15, 0.2) is 47.5 Å². The number of aromatic nitrogens is 2. The Bertz CT molecular complexity index is 2940. The van der Waals surface area contributed by atoms with Crippen LogP contribution in [0.5, 0.6) is 6.01 Å². The molecule has 2 aliphatic carbocycles. The molecule has 390 valence electrons. The van der Waals surface area contributed by atoms with Crippen molar-refractivity contribution in [2.24, 2.45) is 21.7 Å². The minimum Gasteiger partial charge on any atom is -0.463 e. The van der Waals surface area contributed by atoms with Crippen LogP contribution in [0.2, 0.25) is 0 Å². The molecule has 7 fully saturated rings. The van der Waals surface area contributed by atoms with E-state index in [1.54, 1.807) is 23.1 Å². The van der Waals surface area contributed by atoms with E-state index in [1.165, 1.54) is 31.7 Å². The molecule has 12 rings (SSSR count). The molecule has 15 nitrogen and oxygen atoms in total. The van der Waals surface area contributed by atoms with E-state index in [2.05, 4.69) is 48.0 Å². The highest BCUT2D eigenvalue weighted by Crippen LogP contribution is 2.54. The molecule has 3 unspecified atom stereocenters. The first-order valence-corrected chi connectivity index (χ1v) is 27.1. The Labute approximate surface area is 431 Å². The summed E-state index contributed by atoms with van der Waals surface area (Å²) in [7, 11) is 0. The Morgan fingerprint density at radius 1 is 0.919 bits per heavy atom. The maximum atomic E-state index is 17.5. The lowest BCUT2D eigenvalue weighted by molar-refractivity contribution is -0.136. The highest BCUT2D eigenvalue weighted by Gasteiger charge is 2.50. The van der Waals surface area contributed by atoms with Crippen LogP contribution < -0.4 is 30.9 Å². The minimum absolute atomic E-state index is 0.00575. The average Bonchev–Trinajstić information content (AvgIpc) is 3.96. The summed E-state index contributed by atoms with van der Waals surface area (Å²) < 4.78 is 39.3. The Morgan fingerprint density at radius 3 is 2.38 bits per heavy atom. The molecule has 6 aliphatic heterocycles. The maximum absolute atomic E-state index is 17.5. The lowest BCUT2D eigenvalue weighted by atomic mass is 9.57. The molecule has 8 aliphatic rings. The number of fused-ring (bicyclic) bond motifs is 4. The summed E-state index contributed by atoms with van der Waals surface area (Å²) in [5.41, 5.74) is 11.4. The number of carbonyl (C=O) groups excluding carboxylic acids is 3. The van der Waals surface area contributed by atoms with E-state index in [0.29, 0.717) is 88.0 Å². The van der Waals surface area contributed by atoms with Gasteiger partial charge in [-0.2, -0.15) is 9.97 Å². The molecule has 4 N–H and O–H groups in total. The van der Waals surface area contributed by atoms with E-state index in [-0.39, 0.29) is 52.8 Å². The first-order valence-electron chi connectivity index (χ1n) is 27.1. The number of hydrogen-bond donors (Lipinski definition) is 3. The quantitative estimate of drug-likeness (QED) is 0.0682. The molecule has 3 amide bonds. The van der Waals surface area contributed by atoms with Gasteiger partial charge in [0.15, 0.2) is 5.83 Å². The number of nitrogens with zero attached hydrogens (tertiary/aromatic N) is 8. The van der Waals surface area contributed by atoms with Crippen molar-refractivity contribution < 1.29 is 27.9 Å². The number of carbonyl (C=O) groups is 3. The van der Waals surface area contributed by atoms with Gasteiger partial charge in [0.05, 0.1) is 6.61 Å². The second-order valence-corrected chi connectivity index (χ2v) is 23.1. The Balaban J connectivity index is 0.661. The van der Waals surface area contributed by atoms with Crippen LogP contribution in [0.4, 0.5) is 26.0 Å². The van der Waals surface area contributed by atoms with Gasteiger partial charge in [0.1, 0.15) is 29.1 Å². The number of hydrogen-bond acceptors (Lipinski definition) is 13. The number of aliphatic imine (C=N–C) groups is 1. The van der Waals surface area contributed by atoms with Crippen LogP contribution in [0.3, 0.4) is 0 Å². The van der Waals surface area contributed by atoms with Gasteiger partial charge in [0.2, 0.25) is 11.8 Å². The summed E-state index contributed by atoms with van der Waals surface area (Å²) in [6.45, 7) is 18.0. The molecule has 1 spiro atoms.